The van der Waals surface area contributed by atoms with E-state index in [1.165, 1.54) is 4.90 Å². The summed E-state index contributed by atoms with van der Waals surface area (Å²) in [5.41, 5.74) is -1.52. The Labute approximate surface area is 462 Å². The number of rotatable bonds is 1. The van der Waals surface area contributed by atoms with Crippen molar-refractivity contribution in [2.75, 3.05) is 78.7 Å². The Kier molecular flexibility index (Phi) is 28.7. The number of nitrogens with zero attached hydrogens (tertiary/aromatic N) is 4. The molecule has 24 heteroatoms. The van der Waals surface area contributed by atoms with Crippen LogP contribution in [-0.2, 0) is 42.9 Å². The molecule has 0 spiro atoms. The summed E-state index contributed by atoms with van der Waals surface area (Å²) in [6.45, 7) is 22.7. The predicted octanol–water partition coefficient (Wildman–Crippen LogP) is -3.05. The first-order chi connectivity index (χ1) is 28.3. The smallest absolute Gasteiger partial charge is 1.00 e. The molecule has 6 rings (SSSR count). The van der Waals surface area contributed by atoms with Crippen molar-refractivity contribution in [3.8, 4) is 0 Å². The molecular formula is C40H71F3K2N6O13. The van der Waals surface area contributed by atoms with Gasteiger partial charge in [-0.2, -0.15) is 13.2 Å². The number of fused-ring (bicyclic) bond motifs is 3. The monoisotopic (exact) mass is 978 g/mol. The molecule has 19 nitrogen and oxygen atoms in total. The zero-order valence-corrected chi connectivity index (χ0v) is 45.1. The van der Waals surface area contributed by atoms with Crippen molar-refractivity contribution in [2.24, 2.45) is 0 Å². The van der Waals surface area contributed by atoms with Crippen LogP contribution in [0.1, 0.15) is 90.4 Å². The number of carbonyl (C=O) groups is 5. The van der Waals surface area contributed by atoms with E-state index in [1.54, 1.807) is 20.8 Å². The summed E-state index contributed by atoms with van der Waals surface area (Å²) in [5, 5.41) is 15.0. The van der Waals surface area contributed by atoms with Gasteiger partial charge in [0.25, 0.3) is 6.47 Å². The molecule has 0 aromatic heterocycles. The normalized spacial score (nSPS) is 25.4. The van der Waals surface area contributed by atoms with Gasteiger partial charge in [0, 0.05) is 45.8 Å². The van der Waals surface area contributed by atoms with E-state index in [2.05, 4.69) is 15.5 Å². The van der Waals surface area contributed by atoms with Gasteiger partial charge in [-0.15, -0.1) is 0 Å². The van der Waals surface area contributed by atoms with Crippen molar-refractivity contribution >= 4 is 30.7 Å². The fourth-order valence-electron chi connectivity index (χ4n) is 7.52. The summed E-state index contributed by atoms with van der Waals surface area (Å²) in [4.78, 5) is 64.9. The fourth-order valence-corrected chi connectivity index (χ4v) is 7.52. The number of halogens is 3. The summed E-state index contributed by atoms with van der Waals surface area (Å²) >= 11 is 0. The summed E-state index contributed by atoms with van der Waals surface area (Å²) < 4.78 is 70.6. The predicted molar refractivity (Wildman–Crippen MR) is 217 cm³/mol. The Morgan fingerprint density at radius 2 is 0.953 bits per heavy atom. The van der Waals surface area contributed by atoms with Gasteiger partial charge in [-0.25, -0.2) is 14.4 Å². The Morgan fingerprint density at radius 1 is 0.625 bits per heavy atom. The van der Waals surface area contributed by atoms with E-state index in [4.69, 9.17) is 38.5 Å². The number of piperidine rings is 3. The third-order valence-corrected chi connectivity index (χ3v) is 9.95. The van der Waals surface area contributed by atoms with Crippen LogP contribution in [0, 0.1) is 0 Å². The second kappa shape index (κ2) is 28.9. The first-order valence-electron chi connectivity index (χ1n) is 20.7. The van der Waals surface area contributed by atoms with Crippen LogP contribution in [-0.4, -0.2) is 188 Å². The maximum absolute atomic E-state index is 12.5. The molecule has 0 aromatic rings. The Balaban J connectivity index is 0. The summed E-state index contributed by atoms with van der Waals surface area (Å²) in [7, 11) is 0. The van der Waals surface area contributed by atoms with Crippen molar-refractivity contribution in [3.05, 3.63) is 0 Å². The Bertz CT molecular complexity index is 1400. The minimum atomic E-state index is -4.90. The van der Waals surface area contributed by atoms with Gasteiger partial charge in [-0.3, -0.25) is 9.59 Å². The number of likely N-dealkylation sites (tertiary alicyclic amines) is 1. The molecule has 0 bridgehead atoms. The molecule has 362 valence electrons. The molecule has 6 fully saturated rings. The number of ether oxygens (including phenoxy) is 6. The molecule has 0 aliphatic carbocycles. The number of nitrogens with one attached hydrogen (secondary N) is 2. The van der Waals surface area contributed by atoms with E-state index in [9.17, 15) is 32.3 Å². The van der Waals surface area contributed by atoms with E-state index in [0.29, 0.717) is 32.8 Å². The molecular weight excluding hydrogens is 908 g/mol. The van der Waals surface area contributed by atoms with E-state index >= 15 is 0 Å². The van der Waals surface area contributed by atoms with E-state index < -0.39 is 41.1 Å². The van der Waals surface area contributed by atoms with Gasteiger partial charge in [0.05, 0.1) is 56.3 Å². The molecule has 0 aromatic carbocycles. The van der Waals surface area contributed by atoms with Crippen LogP contribution in [0.5, 0.6) is 0 Å². The zero-order chi connectivity index (χ0) is 45.8. The van der Waals surface area contributed by atoms with Gasteiger partial charge >= 0.3 is 133 Å². The molecule has 2 N–H and O–H groups in total. The van der Waals surface area contributed by atoms with Crippen LogP contribution in [0.25, 0.3) is 0 Å². The summed E-state index contributed by atoms with van der Waals surface area (Å²) in [5.74, 6) is -1.87. The Morgan fingerprint density at radius 3 is 1.27 bits per heavy atom. The number of hydrogen-bond acceptors (Lipinski definition) is 15. The number of morpholine rings is 3. The quantitative estimate of drug-likeness (QED) is 0.0880. The zero-order valence-electron chi connectivity index (χ0n) is 39.9. The molecule has 6 saturated heterocycles. The first kappa shape index (κ1) is 63.6. The van der Waals surface area contributed by atoms with Crippen LogP contribution < -0.4 is 119 Å². The number of alkyl halides is 3. The van der Waals surface area contributed by atoms with Crippen LogP contribution >= 0.6 is 0 Å². The molecule has 6 aliphatic heterocycles. The average molecular weight is 979 g/mol. The summed E-state index contributed by atoms with van der Waals surface area (Å²) in [6, 6.07) is -0.0458. The SMILES string of the molecule is C.CC(C)(C)OC(=O)N1CCO[C@@H]2CNCC[C@H]21.CC(C)(C)OC(=O)N1CCO[C@H]2CN(C(=O)C(F)(F)F)CC[C@@H]21.CC(C)(C)OC(=O)N1CCO[C@H]2CNCC[C@@H]21.O=CO[O-].[H-].[K+].[K+]. The summed E-state index contributed by atoms with van der Waals surface area (Å²) in [6.07, 6.45) is -4.13. The third kappa shape index (κ3) is 21.5. The van der Waals surface area contributed by atoms with Gasteiger partial charge in [0.15, 0.2) is 0 Å². The van der Waals surface area contributed by atoms with Crippen LogP contribution in [0.2, 0.25) is 0 Å². The number of amides is 4. The van der Waals surface area contributed by atoms with Crippen LogP contribution in [0.3, 0.4) is 0 Å². The van der Waals surface area contributed by atoms with Gasteiger partial charge in [0.1, 0.15) is 16.8 Å². The Hall–Kier alpha value is -0.427. The van der Waals surface area contributed by atoms with Gasteiger partial charge in [-0.1, -0.05) is 7.43 Å². The molecule has 64 heavy (non-hydrogen) atoms. The van der Waals surface area contributed by atoms with E-state index in [0.717, 1.165) is 43.9 Å². The molecule has 6 heterocycles. The maximum Gasteiger partial charge on any atom is 1.00 e. The largest absolute Gasteiger partial charge is 1.00 e. The minimum absolute atomic E-state index is 0. The standard InChI is InChI=1S/C14H21F3N2O4.2C12H22N2O3.CH2O3.CH4.2K.H/c1-13(2,3)23-12(21)19-6-7-22-10-8-18(5-4-9(10)19)11(20)14(15,16)17;2*1-12(2,3)17-11(15)14-6-7-16-10-8-13-5-4-9(10)14;2-1-4-3;;;;/h9-10H,4-8H2,1-3H3;2*9-10,13H,4-8H2,1-3H3;1,3H;1H4;;;/q;;;;;2*+1;-1/p-1/t3*9-,10-;;;;;/m010...../s1. The number of carbonyl (C=O) groups excluding carboxylic acids is 5. The second-order valence-corrected chi connectivity index (χ2v) is 18.2. The van der Waals surface area contributed by atoms with E-state index in [-0.39, 0.29) is 187 Å². The molecule has 6 atom stereocenters. The van der Waals surface area contributed by atoms with Gasteiger partial charge in [0.2, 0.25) is 0 Å². The molecule has 4 amide bonds. The second-order valence-electron chi connectivity index (χ2n) is 18.2. The topological polar surface area (TPSA) is 210 Å². The molecule has 0 radical (unpaired) electrons. The van der Waals surface area contributed by atoms with Crippen molar-refractivity contribution in [3.63, 3.8) is 0 Å². The van der Waals surface area contributed by atoms with Crippen LogP contribution in [0.4, 0.5) is 27.6 Å². The fraction of sp³-hybridized carbons (Fsp3) is 0.875. The first-order valence-corrected chi connectivity index (χ1v) is 20.7. The average Bonchev–Trinajstić information content (AvgIpc) is 3.18. The molecule has 6 aliphatic rings. The maximum atomic E-state index is 12.5. The van der Waals surface area contributed by atoms with Crippen molar-refractivity contribution in [2.45, 2.75) is 148 Å². The molecule has 0 unspecified atom stereocenters. The van der Waals surface area contributed by atoms with Gasteiger partial charge < -0.3 is 70.2 Å². The minimum Gasteiger partial charge on any atom is -1.00 e. The van der Waals surface area contributed by atoms with E-state index in [1.807, 2.05) is 51.3 Å². The van der Waals surface area contributed by atoms with Crippen molar-refractivity contribution < 1.29 is 180 Å². The number of hydrogen-bond donors (Lipinski definition) is 2. The van der Waals surface area contributed by atoms with Crippen molar-refractivity contribution in [1.29, 1.82) is 0 Å². The van der Waals surface area contributed by atoms with Crippen LogP contribution in [0.15, 0.2) is 0 Å². The van der Waals surface area contributed by atoms with Crippen molar-refractivity contribution in [1.82, 2.24) is 30.2 Å². The van der Waals surface area contributed by atoms with Gasteiger partial charge in [-0.05, 0) is 94.7 Å². The molecule has 0 saturated carbocycles. The third-order valence-electron chi connectivity index (χ3n) is 9.95.